The number of carbonyl (C=O) groups is 1. The third-order valence-corrected chi connectivity index (χ3v) is 7.32. The summed E-state index contributed by atoms with van der Waals surface area (Å²) in [7, 11) is 1.55. The average Bonchev–Trinajstić information content (AvgIpc) is 3.46. The minimum atomic E-state index is -0.222. The zero-order valence-corrected chi connectivity index (χ0v) is 22.0. The maximum Gasteiger partial charge on any atom is 0.270 e. The topological polar surface area (TPSA) is 81.0 Å². The Balaban J connectivity index is 1.36. The normalized spacial score (nSPS) is 15.4. The Morgan fingerprint density at radius 1 is 1.17 bits per heavy atom. The summed E-state index contributed by atoms with van der Waals surface area (Å²) in [4.78, 5) is 15.2. The number of fused-ring (bicyclic) bond motifs is 1. The van der Waals surface area contributed by atoms with Crippen molar-refractivity contribution >= 4 is 61.9 Å². The molecule has 1 fully saturated rings. The lowest BCUT2D eigenvalue weighted by Gasteiger charge is -2.15. The molecule has 0 radical (unpaired) electrons. The van der Waals surface area contributed by atoms with Gasteiger partial charge in [-0.25, -0.2) is 0 Å². The average molecular weight is 581 g/mol. The van der Waals surface area contributed by atoms with Crippen LogP contribution in [0, 0.1) is 11.3 Å². The van der Waals surface area contributed by atoms with Gasteiger partial charge in [-0.05, 0) is 69.5 Å². The van der Waals surface area contributed by atoms with Crippen molar-refractivity contribution in [3.63, 3.8) is 0 Å². The molecule has 10 heteroatoms. The van der Waals surface area contributed by atoms with Crippen LogP contribution < -0.4 is 23.8 Å². The van der Waals surface area contributed by atoms with Gasteiger partial charge in [-0.1, -0.05) is 36.1 Å². The largest absolute Gasteiger partial charge is 0.493 e. The van der Waals surface area contributed by atoms with Crippen LogP contribution in [0.2, 0.25) is 0 Å². The summed E-state index contributed by atoms with van der Waals surface area (Å²) >= 11 is 10.3. The number of hydrogen-bond acceptors (Lipinski definition) is 8. The van der Waals surface area contributed by atoms with E-state index in [4.69, 9.17) is 36.4 Å². The first-order valence-electron chi connectivity index (χ1n) is 10.6. The number of halogens is 1. The van der Waals surface area contributed by atoms with Gasteiger partial charge in [-0.15, -0.1) is 0 Å². The number of rotatable bonds is 6. The molecule has 1 saturated heterocycles. The number of hydrogen-bond donors (Lipinski definition) is 0. The number of methoxy groups -OCH3 is 1. The van der Waals surface area contributed by atoms with Crippen LogP contribution in [0.4, 0.5) is 5.69 Å². The van der Waals surface area contributed by atoms with E-state index in [1.54, 1.807) is 49.6 Å². The number of thiocarbonyl (C=S) groups is 1. The molecule has 36 heavy (non-hydrogen) atoms. The van der Waals surface area contributed by atoms with Crippen molar-refractivity contribution in [2.24, 2.45) is 0 Å². The number of benzene rings is 3. The number of thioether (sulfide) groups is 1. The fourth-order valence-corrected chi connectivity index (χ4v) is 5.53. The van der Waals surface area contributed by atoms with Gasteiger partial charge >= 0.3 is 0 Å². The predicted octanol–water partition coefficient (Wildman–Crippen LogP) is 6.04. The van der Waals surface area contributed by atoms with E-state index < -0.39 is 0 Å². The molecule has 0 unspecified atom stereocenters. The fraction of sp³-hybridized carbons (Fsp3) is 0.115. The van der Waals surface area contributed by atoms with Crippen molar-refractivity contribution < 1.29 is 23.7 Å². The van der Waals surface area contributed by atoms with Crippen LogP contribution in [0.3, 0.4) is 0 Å². The van der Waals surface area contributed by atoms with Crippen molar-refractivity contribution in [2.75, 3.05) is 18.8 Å². The predicted molar refractivity (Wildman–Crippen MR) is 144 cm³/mol. The van der Waals surface area contributed by atoms with Gasteiger partial charge in [0.1, 0.15) is 6.61 Å². The van der Waals surface area contributed by atoms with Crippen molar-refractivity contribution in [3.05, 3.63) is 80.7 Å². The van der Waals surface area contributed by atoms with Crippen molar-refractivity contribution in [3.8, 4) is 29.1 Å². The Morgan fingerprint density at radius 2 is 1.94 bits per heavy atom. The third-order valence-electron chi connectivity index (χ3n) is 5.42. The van der Waals surface area contributed by atoms with Gasteiger partial charge in [0.25, 0.3) is 5.91 Å². The third kappa shape index (κ3) is 4.78. The Morgan fingerprint density at radius 3 is 2.69 bits per heavy atom. The zero-order valence-electron chi connectivity index (χ0n) is 18.8. The number of ether oxygens (including phenoxy) is 4. The van der Waals surface area contributed by atoms with Crippen LogP contribution in [-0.2, 0) is 11.4 Å². The second-order valence-electron chi connectivity index (χ2n) is 7.69. The molecule has 2 aliphatic heterocycles. The van der Waals surface area contributed by atoms with E-state index in [1.165, 1.54) is 16.7 Å². The van der Waals surface area contributed by atoms with Crippen LogP contribution in [0.25, 0.3) is 6.08 Å². The SMILES string of the molecule is COc1cc(/C=C2/SC(=S)N(c3ccc4c(c3)OCO4)C2=O)cc(Br)c1OCc1ccc(C#N)cc1. The van der Waals surface area contributed by atoms with Crippen LogP contribution in [0.15, 0.2) is 64.0 Å². The van der Waals surface area contributed by atoms with E-state index in [0.717, 1.165) is 11.1 Å². The number of amides is 1. The molecule has 2 aliphatic rings. The summed E-state index contributed by atoms with van der Waals surface area (Å²) in [6, 6.07) is 18.2. The molecule has 0 N–H and O–H groups in total. The number of nitriles is 1. The van der Waals surface area contributed by atoms with E-state index in [1.807, 2.05) is 18.2 Å². The lowest BCUT2D eigenvalue weighted by molar-refractivity contribution is -0.113. The lowest BCUT2D eigenvalue weighted by Crippen LogP contribution is -2.27. The van der Waals surface area contributed by atoms with Crippen LogP contribution in [-0.4, -0.2) is 24.1 Å². The summed E-state index contributed by atoms with van der Waals surface area (Å²) in [5, 5.41) is 8.96. The summed E-state index contributed by atoms with van der Waals surface area (Å²) < 4.78 is 23.4. The number of anilines is 1. The van der Waals surface area contributed by atoms with Gasteiger partial charge in [0.05, 0.1) is 33.8 Å². The quantitative estimate of drug-likeness (QED) is 0.258. The fourth-order valence-electron chi connectivity index (χ4n) is 3.66. The zero-order chi connectivity index (χ0) is 25.2. The van der Waals surface area contributed by atoms with E-state index in [2.05, 4.69) is 22.0 Å². The van der Waals surface area contributed by atoms with Crippen LogP contribution in [0.5, 0.6) is 23.0 Å². The summed E-state index contributed by atoms with van der Waals surface area (Å²) in [5.41, 5.74) is 2.87. The maximum absolute atomic E-state index is 13.2. The molecule has 180 valence electrons. The van der Waals surface area contributed by atoms with Crippen molar-refractivity contribution in [2.45, 2.75) is 6.61 Å². The Bertz CT molecular complexity index is 1450. The second-order valence-corrected chi connectivity index (χ2v) is 10.2. The Labute approximate surface area is 225 Å². The standard InChI is InChI=1S/C26H17BrN2O5S2/c1-31-22-9-17(8-19(27)24(22)32-13-16-4-2-15(12-28)3-5-16)10-23-25(30)29(26(35)36-23)18-6-7-20-21(11-18)34-14-33-20/h2-11H,13-14H2,1H3/b23-10+. The molecular weight excluding hydrogens is 564 g/mol. The molecule has 0 aromatic heterocycles. The van der Waals surface area contributed by atoms with Gasteiger partial charge in [-0.2, -0.15) is 5.26 Å². The number of carbonyl (C=O) groups excluding carboxylic acids is 1. The molecule has 7 nitrogen and oxygen atoms in total. The molecule has 1 amide bonds. The first-order chi connectivity index (χ1) is 17.5. The van der Waals surface area contributed by atoms with Gasteiger partial charge in [-0.3, -0.25) is 9.69 Å². The molecule has 3 aromatic carbocycles. The summed E-state index contributed by atoms with van der Waals surface area (Å²) in [6.45, 7) is 0.454. The first-order valence-corrected chi connectivity index (χ1v) is 12.7. The van der Waals surface area contributed by atoms with Gasteiger partial charge < -0.3 is 18.9 Å². The van der Waals surface area contributed by atoms with Gasteiger partial charge in [0.2, 0.25) is 6.79 Å². The molecule has 2 heterocycles. The highest BCUT2D eigenvalue weighted by Crippen LogP contribution is 2.42. The molecule has 0 spiro atoms. The summed E-state index contributed by atoms with van der Waals surface area (Å²) in [5.74, 6) is 2.04. The first kappa shape index (κ1) is 24.2. The van der Waals surface area contributed by atoms with Gasteiger partial charge in [0.15, 0.2) is 27.3 Å². The summed E-state index contributed by atoms with van der Waals surface area (Å²) in [6.07, 6.45) is 1.77. The molecule has 0 saturated carbocycles. The Kier molecular flexibility index (Phi) is 6.87. The highest BCUT2D eigenvalue weighted by Gasteiger charge is 2.34. The molecule has 0 aliphatic carbocycles. The lowest BCUT2D eigenvalue weighted by atomic mass is 10.1. The highest BCUT2D eigenvalue weighted by atomic mass is 79.9. The minimum Gasteiger partial charge on any atom is -0.493 e. The van der Waals surface area contributed by atoms with Crippen molar-refractivity contribution in [1.29, 1.82) is 5.26 Å². The molecule has 0 atom stereocenters. The molecule has 0 bridgehead atoms. The van der Waals surface area contributed by atoms with Crippen LogP contribution in [0.1, 0.15) is 16.7 Å². The smallest absolute Gasteiger partial charge is 0.270 e. The number of nitrogens with zero attached hydrogens (tertiary/aromatic N) is 2. The molecule has 3 aromatic rings. The van der Waals surface area contributed by atoms with E-state index in [0.29, 0.717) is 54.6 Å². The minimum absolute atomic E-state index is 0.154. The monoisotopic (exact) mass is 580 g/mol. The highest BCUT2D eigenvalue weighted by molar-refractivity contribution is 9.10. The second kappa shape index (κ2) is 10.2. The van der Waals surface area contributed by atoms with Gasteiger partial charge in [0, 0.05) is 6.07 Å². The van der Waals surface area contributed by atoms with Crippen molar-refractivity contribution in [1.82, 2.24) is 0 Å². The maximum atomic E-state index is 13.2. The van der Waals surface area contributed by atoms with E-state index >= 15 is 0 Å². The molecule has 5 rings (SSSR count). The molecular formula is C26H17BrN2O5S2. The Hall–Kier alpha value is -3.52. The van der Waals surface area contributed by atoms with E-state index in [9.17, 15) is 4.79 Å². The van der Waals surface area contributed by atoms with Crippen LogP contribution >= 0.6 is 39.9 Å². The van der Waals surface area contributed by atoms with E-state index in [-0.39, 0.29) is 12.7 Å².